The number of hydrogen-bond acceptors (Lipinski definition) is 7. The Balaban J connectivity index is 1.64. The summed E-state index contributed by atoms with van der Waals surface area (Å²) in [5, 5.41) is 25.1. The van der Waals surface area contributed by atoms with Gasteiger partial charge in [0.2, 0.25) is 5.16 Å². The van der Waals surface area contributed by atoms with Crippen molar-refractivity contribution in [3.8, 4) is 0 Å². The largest absolute Gasteiger partial charge is 0.269 e. The van der Waals surface area contributed by atoms with Gasteiger partial charge in [-0.1, -0.05) is 30.0 Å². The van der Waals surface area contributed by atoms with Crippen LogP contribution in [0.15, 0.2) is 46.9 Å². The van der Waals surface area contributed by atoms with Crippen LogP contribution in [0.4, 0.5) is 5.69 Å². The number of non-ortho nitro benzene ring substituents is 1. The number of benzene rings is 1. The van der Waals surface area contributed by atoms with E-state index in [2.05, 4.69) is 15.5 Å². The molecule has 0 aliphatic rings. The van der Waals surface area contributed by atoms with Crippen LogP contribution in [-0.2, 0) is 12.3 Å². The average molecular weight is 333 g/mol. The number of thiophene rings is 1. The molecular weight excluding hydrogens is 322 g/mol. The highest BCUT2D eigenvalue weighted by atomic mass is 32.2. The lowest BCUT2D eigenvalue weighted by Crippen LogP contribution is -2.02. The Labute approximate surface area is 134 Å². The first-order valence-electron chi connectivity index (χ1n) is 6.37. The predicted molar refractivity (Wildman–Crippen MR) is 83.9 cm³/mol. The van der Waals surface area contributed by atoms with Gasteiger partial charge in [0.05, 0.1) is 11.5 Å². The standard InChI is InChI=1S/C13H11N5O2S2/c19-18(20)11-5-3-10(4-6-11)9-22-13-14-15-16-17(13)8-12-2-1-7-21-12/h1-7H,8-9H2. The molecule has 0 unspecified atom stereocenters. The number of nitro groups is 1. The second-order valence-electron chi connectivity index (χ2n) is 4.41. The number of rotatable bonds is 6. The van der Waals surface area contributed by atoms with Gasteiger partial charge in [-0.15, -0.1) is 16.4 Å². The Bertz CT molecular complexity index is 755. The van der Waals surface area contributed by atoms with Crippen molar-refractivity contribution in [1.82, 2.24) is 20.2 Å². The van der Waals surface area contributed by atoms with Crippen LogP contribution < -0.4 is 0 Å². The van der Waals surface area contributed by atoms with E-state index in [4.69, 9.17) is 0 Å². The number of nitro benzene ring substituents is 1. The van der Waals surface area contributed by atoms with Gasteiger partial charge in [-0.05, 0) is 27.4 Å². The molecule has 0 aliphatic heterocycles. The van der Waals surface area contributed by atoms with Crippen LogP contribution in [0.1, 0.15) is 10.4 Å². The van der Waals surface area contributed by atoms with E-state index in [0.29, 0.717) is 12.3 Å². The Morgan fingerprint density at radius 3 is 2.77 bits per heavy atom. The van der Waals surface area contributed by atoms with Gasteiger partial charge >= 0.3 is 0 Å². The van der Waals surface area contributed by atoms with Crippen LogP contribution in [-0.4, -0.2) is 25.1 Å². The summed E-state index contributed by atoms with van der Waals surface area (Å²) >= 11 is 3.16. The van der Waals surface area contributed by atoms with Crippen molar-refractivity contribution in [1.29, 1.82) is 0 Å². The van der Waals surface area contributed by atoms with Gasteiger partial charge in [-0.2, -0.15) is 0 Å². The molecule has 0 saturated heterocycles. The van der Waals surface area contributed by atoms with Crippen LogP contribution >= 0.6 is 23.1 Å². The maximum Gasteiger partial charge on any atom is 0.269 e. The summed E-state index contributed by atoms with van der Waals surface area (Å²) in [5.41, 5.74) is 1.08. The van der Waals surface area contributed by atoms with Crippen molar-refractivity contribution in [2.75, 3.05) is 0 Å². The third kappa shape index (κ3) is 3.49. The summed E-state index contributed by atoms with van der Waals surface area (Å²) in [7, 11) is 0. The summed E-state index contributed by atoms with van der Waals surface area (Å²) in [4.78, 5) is 11.4. The predicted octanol–water partition coefficient (Wildman–Crippen LogP) is 2.98. The van der Waals surface area contributed by atoms with Gasteiger partial charge < -0.3 is 0 Å². The topological polar surface area (TPSA) is 86.7 Å². The highest BCUT2D eigenvalue weighted by Crippen LogP contribution is 2.22. The Hall–Kier alpha value is -2.26. The molecule has 2 aromatic heterocycles. The fourth-order valence-electron chi connectivity index (χ4n) is 1.81. The van der Waals surface area contributed by atoms with Gasteiger partial charge in [-0.3, -0.25) is 10.1 Å². The molecule has 22 heavy (non-hydrogen) atoms. The van der Waals surface area contributed by atoms with Crippen LogP contribution in [0, 0.1) is 10.1 Å². The molecule has 0 spiro atoms. The molecule has 0 fully saturated rings. The second kappa shape index (κ2) is 6.67. The first-order valence-corrected chi connectivity index (χ1v) is 8.23. The highest BCUT2D eigenvalue weighted by Gasteiger charge is 2.09. The van der Waals surface area contributed by atoms with Crippen LogP contribution in [0.25, 0.3) is 0 Å². The SMILES string of the molecule is O=[N+]([O-])c1ccc(CSc2nnnn2Cc2cccs2)cc1. The van der Waals surface area contributed by atoms with Gasteiger partial charge in [0.1, 0.15) is 0 Å². The van der Waals surface area contributed by atoms with E-state index in [1.165, 1.54) is 28.8 Å². The minimum atomic E-state index is -0.404. The maximum absolute atomic E-state index is 10.6. The third-order valence-electron chi connectivity index (χ3n) is 2.90. The fourth-order valence-corrected chi connectivity index (χ4v) is 3.33. The lowest BCUT2D eigenvalue weighted by atomic mass is 10.2. The van der Waals surface area contributed by atoms with Crippen molar-refractivity contribution in [3.63, 3.8) is 0 Å². The molecule has 0 saturated carbocycles. The first kappa shape index (κ1) is 14.7. The van der Waals surface area contributed by atoms with Gasteiger partial charge in [-0.25, -0.2) is 4.68 Å². The zero-order valence-corrected chi connectivity index (χ0v) is 13.0. The molecule has 0 aliphatic carbocycles. The monoisotopic (exact) mass is 333 g/mol. The van der Waals surface area contributed by atoms with Gasteiger partial charge in [0.15, 0.2) is 0 Å². The molecule has 112 valence electrons. The molecule has 0 radical (unpaired) electrons. The quantitative estimate of drug-likeness (QED) is 0.391. The molecule has 9 heteroatoms. The molecule has 3 rings (SSSR count). The Kier molecular flexibility index (Phi) is 4.45. The molecule has 1 aromatic carbocycles. The summed E-state index contributed by atoms with van der Waals surface area (Å²) in [6.45, 7) is 0.646. The minimum absolute atomic E-state index is 0.0938. The minimum Gasteiger partial charge on any atom is -0.258 e. The summed E-state index contributed by atoms with van der Waals surface area (Å²) in [5.74, 6) is 0.656. The number of aromatic nitrogens is 4. The van der Waals surface area contributed by atoms with Gasteiger partial charge in [0, 0.05) is 22.8 Å². The van der Waals surface area contributed by atoms with Crippen LogP contribution in [0.2, 0.25) is 0 Å². The van der Waals surface area contributed by atoms with E-state index < -0.39 is 4.92 Å². The first-order chi connectivity index (χ1) is 10.7. The maximum atomic E-state index is 10.6. The molecule has 2 heterocycles. The zero-order chi connectivity index (χ0) is 15.4. The van der Waals surface area contributed by atoms with Crippen molar-refractivity contribution in [2.24, 2.45) is 0 Å². The van der Waals surface area contributed by atoms with Crippen molar-refractivity contribution in [3.05, 3.63) is 62.3 Å². The van der Waals surface area contributed by atoms with E-state index in [1.807, 2.05) is 17.5 Å². The smallest absolute Gasteiger partial charge is 0.258 e. The number of thioether (sulfide) groups is 1. The van der Waals surface area contributed by atoms with Crippen LogP contribution in [0.5, 0.6) is 0 Å². The van der Waals surface area contributed by atoms with E-state index in [-0.39, 0.29) is 5.69 Å². The Morgan fingerprint density at radius 2 is 2.09 bits per heavy atom. The van der Waals surface area contributed by atoms with E-state index in [1.54, 1.807) is 28.2 Å². The Morgan fingerprint density at radius 1 is 1.27 bits per heavy atom. The molecule has 0 bridgehead atoms. The molecular formula is C13H11N5O2S2. The summed E-state index contributed by atoms with van der Waals surface area (Å²) in [6.07, 6.45) is 0. The van der Waals surface area contributed by atoms with E-state index >= 15 is 0 Å². The summed E-state index contributed by atoms with van der Waals surface area (Å²) in [6, 6.07) is 10.5. The zero-order valence-electron chi connectivity index (χ0n) is 11.3. The molecule has 7 nitrogen and oxygen atoms in total. The van der Waals surface area contributed by atoms with Crippen LogP contribution in [0.3, 0.4) is 0 Å². The third-order valence-corrected chi connectivity index (χ3v) is 4.79. The van der Waals surface area contributed by atoms with E-state index in [0.717, 1.165) is 10.7 Å². The lowest BCUT2D eigenvalue weighted by molar-refractivity contribution is -0.384. The molecule has 0 atom stereocenters. The normalized spacial score (nSPS) is 10.7. The molecule has 0 N–H and O–H groups in total. The van der Waals surface area contributed by atoms with Crippen molar-refractivity contribution in [2.45, 2.75) is 17.5 Å². The summed E-state index contributed by atoms with van der Waals surface area (Å²) < 4.78 is 1.75. The average Bonchev–Trinajstić information content (AvgIpc) is 3.18. The molecule has 3 aromatic rings. The lowest BCUT2D eigenvalue weighted by Gasteiger charge is -2.03. The van der Waals surface area contributed by atoms with Crippen molar-refractivity contribution >= 4 is 28.8 Å². The number of tetrazole rings is 1. The highest BCUT2D eigenvalue weighted by molar-refractivity contribution is 7.98. The van der Waals surface area contributed by atoms with Gasteiger partial charge in [0.25, 0.3) is 5.69 Å². The fraction of sp³-hybridized carbons (Fsp3) is 0.154. The number of nitrogens with zero attached hydrogens (tertiary/aromatic N) is 5. The second-order valence-corrected chi connectivity index (χ2v) is 6.39. The van der Waals surface area contributed by atoms with Crippen molar-refractivity contribution < 1.29 is 4.92 Å². The number of hydrogen-bond donors (Lipinski definition) is 0. The molecule has 0 amide bonds. The van der Waals surface area contributed by atoms with E-state index in [9.17, 15) is 10.1 Å².